The predicted molar refractivity (Wildman–Crippen MR) is 66.3 cm³/mol. The summed E-state index contributed by atoms with van der Waals surface area (Å²) < 4.78 is 0. The molecular weight excluding hydrogens is 232 g/mol. The van der Waals surface area contributed by atoms with Crippen LogP contribution >= 0.6 is 0 Å². The maximum atomic E-state index is 12.1. The summed E-state index contributed by atoms with van der Waals surface area (Å²) in [5, 5.41) is 0. The van der Waals surface area contributed by atoms with E-state index in [0.717, 1.165) is 5.56 Å². The number of hydrogen-bond donors (Lipinski definition) is 1. The minimum Gasteiger partial charge on any atom is -0.299 e. The van der Waals surface area contributed by atoms with Crippen LogP contribution in [0, 0.1) is 0 Å². The molecule has 0 radical (unpaired) electrons. The summed E-state index contributed by atoms with van der Waals surface area (Å²) in [6.45, 7) is 5.89. The van der Waals surface area contributed by atoms with E-state index in [-0.39, 0.29) is 18.4 Å². The summed E-state index contributed by atoms with van der Waals surface area (Å²) in [5.74, 6) is -0.582. The highest BCUT2D eigenvalue weighted by Crippen LogP contribution is 2.30. The van der Waals surface area contributed by atoms with Crippen LogP contribution in [0.4, 0.5) is 0 Å². The van der Waals surface area contributed by atoms with Gasteiger partial charge in [-0.3, -0.25) is 19.3 Å². The maximum Gasteiger partial charge on any atom is 0.263 e. The lowest BCUT2D eigenvalue weighted by molar-refractivity contribution is -0.133. The smallest absolute Gasteiger partial charge is 0.263 e. The third kappa shape index (κ3) is 2.12. The van der Waals surface area contributed by atoms with Gasteiger partial charge >= 0.3 is 0 Å². The molecular formula is C13H14N2O3. The molecule has 2 amide bonds. The molecule has 18 heavy (non-hydrogen) atoms. The molecule has 1 aromatic carbocycles. The summed E-state index contributed by atoms with van der Waals surface area (Å²) in [4.78, 5) is 29.7. The van der Waals surface area contributed by atoms with E-state index in [4.69, 9.17) is 4.84 Å². The van der Waals surface area contributed by atoms with Crippen molar-refractivity contribution in [3.05, 3.63) is 42.0 Å². The van der Waals surface area contributed by atoms with Crippen molar-refractivity contribution in [3.63, 3.8) is 0 Å². The number of hydroxylamine groups is 1. The molecule has 0 bridgehead atoms. The Hall–Kier alpha value is -2.14. The zero-order valence-electron chi connectivity index (χ0n) is 10.1. The highest BCUT2D eigenvalue weighted by atomic mass is 16.6. The van der Waals surface area contributed by atoms with Crippen LogP contribution in [-0.2, 0) is 9.63 Å². The molecule has 0 saturated heterocycles. The maximum absolute atomic E-state index is 12.1. The molecule has 5 nitrogen and oxygen atoms in total. The van der Waals surface area contributed by atoms with Crippen LogP contribution in [0.5, 0.6) is 0 Å². The zero-order valence-corrected chi connectivity index (χ0v) is 10.1. The largest absolute Gasteiger partial charge is 0.299 e. The Balaban J connectivity index is 2.11. The summed E-state index contributed by atoms with van der Waals surface area (Å²) in [6, 6.07) is 7.16. The van der Waals surface area contributed by atoms with E-state index in [1.165, 1.54) is 4.90 Å². The van der Waals surface area contributed by atoms with E-state index in [0.29, 0.717) is 17.9 Å². The van der Waals surface area contributed by atoms with E-state index < -0.39 is 0 Å². The molecule has 0 atom stereocenters. The van der Waals surface area contributed by atoms with Crippen molar-refractivity contribution in [2.24, 2.45) is 0 Å². The topological polar surface area (TPSA) is 58.6 Å². The molecule has 94 valence electrons. The van der Waals surface area contributed by atoms with E-state index >= 15 is 0 Å². The van der Waals surface area contributed by atoms with Crippen LogP contribution in [0.2, 0.25) is 0 Å². The number of benzene rings is 1. The summed E-state index contributed by atoms with van der Waals surface area (Å²) in [5.41, 5.74) is 4.14. The molecule has 5 heteroatoms. The number of nitrogens with one attached hydrogen (secondary N) is 1. The van der Waals surface area contributed by atoms with E-state index in [9.17, 15) is 9.59 Å². The van der Waals surface area contributed by atoms with Gasteiger partial charge in [-0.2, -0.15) is 0 Å². The van der Waals surface area contributed by atoms with Gasteiger partial charge in [0.25, 0.3) is 11.8 Å². The second-order valence-corrected chi connectivity index (χ2v) is 3.84. The molecule has 1 aliphatic rings. The Morgan fingerprint density at radius 3 is 2.67 bits per heavy atom. The SMILES string of the molecule is C=C1c2ccccc2C(=O)N1CC(=O)NOCC. The number of hydrogen-bond acceptors (Lipinski definition) is 3. The standard InChI is InChI=1S/C13H14N2O3/c1-3-18-14-12(16)8-15-9(2)10-6-4-5-7-11(10)13(15)17/h4-7H,2-3,8H2,1H3,(H,14,16). The minimum absolute atomic E-state index is 0.0909. The first kappa shape index (κ1) is 12.3. The van der Waals surface area contributed by atoms with Gasteiger partial charge in [0.2, 0.25) is 0 Å². The van der Waals surface area contributed by atoms with Crippen molar-refractivity contribution < 1.29 is 14.4 Å². The van der Waals surface area contributed by atoms with E-state index in [1.54, 1.807) is 19.1 Å². The van der Waals surface area contributed by atoms with Crippen molar-refractivity contribution in [3.8, 4) is 0 Å². The van der Waals surface area contributed by atoms with Gasteiger partial charge in [-0.25, -0.2) is 5.48 Å². The molecule has 0 aromatic heterocycles. The summed E-state index contributed by atoms with van der Waals surface area (Å²) >= 11 is 0. The van der Waals surface area contributed by atoms with Gasteiger partial charge in [-0.15, -0.1) is 0 Å². The first-order chi connectivity index (χ1) is 8.65. The summed E-state index contributed by atoms with van der Waals surface area (Å²) in [7, 11) is 0. The monoisotopic (exact) mass is 246 g/mol. The Morgan fingerprint density at radius 1 is 1.39 bits per heavy atom. The minimum atomic E-state index is -0.376. The van der Waals surface area contributed by atoms with Crippen molar-refractivity contribution >= 4 is 17.5 Å². The molecule has 0 saturated carbocycles. The van der Waals surface area contributed by atoms with Gasteiger partial charge in [-0.05, 0) is 13.0 Å². The number of fused-ring (bicyclic) bond motifs is 1. The molecule has 1 N–H and O–H groups in total. The van der Waals surface area contributed by atoms with E-state index in [1.807, 2.05) is 12.1 Å². The Kier molecular flexibility index (Phi) is 3.43. The number of carbonyl (C=O) groups excluding carboxylic acids is 2. The number of nitrogens with zero attached hydrogens (tertiary/aromatic N) is 1. The average Bonchev–Trinajstić information content (AvgIpc) is 2.62. The lowest BCUT2D eigenvalue weighted by Gasteiger charge is -2.16. The van der Waals surface area contributed by atoms with Gasteiger partial charge in [0.15, 0.2) is 0 Å². The number of amides is 2. The van der Waals surface area contributed by atoms with Crippen molar-refractivity contribution in [2.75, 3.05) is 13.2 Å². The van der Waals surface area contributed by atoms with Crippen LogP contribution < -0.4 is 5.48 Å². The third-order valence-electron chi connectivity index (χ3n) is 2.67. The predicted octanol–water partition coefficient (Wildman–Crippen LogP) is 1.18. The number of carbonyl (C=O) groups is 2. The van der Waals surface area contributed by atoms with Crippen LogP contribution in [0.15, 0.2) is 30.8 Å². The average molecular weight is 246 g/mol. The first-order valence-corrected chi connectivity index (χ1v) is 5.66. The van der Waals surface area contributed by atoms with Gasteiger partial charge in [0.05, 0.1) is 6.61 Å². The highest BCUT2D eigenvalue weighted by molar-refractivity contribution is 6.10. The Morgan fingerprint density at radius 2 is 2.06 bits per heavy atom. The lowest BCUT2D eigenvalue weighted by Crippen LogP contribution is -2.36. The molecule has 1 aromatic rings. The van der Waals surface area contributed by atoms with Crippen LogP contribution in [0.25, 0.3) is 5.70 Å². The normalized spacial score (nSPS) is 13.7. The lowest BCUT2D eigenvalue weighted by atomic mass is 10.1. The summed E-state index contributed by atoms with van der Waals surface area (Å²) in [6.07, 6.45) is 0. The second-order valence-electron chi connectivity index (χ2n) is 3.84. The number of rotatable bonds is 4. The van der Waals surface area contributed by atoms with Crippen molar-refractivity contribution in [2.45, 2.75) is 6.92 Å². The van der Waals surface area contributed by atoms with Crippen LogP contribution in [0.3, 0.4) is 0 Å². The van der Waals surface area contributed by atoms with Gasteiger partial charge < -0.3 is 0 Å². The molecule has 0 aliphatic carbocycles. The zero-order chi connectivity index (χ0) is 13.1. The molecule has 0 unspecified atom stereocenters. The molecule has 0 fully saturated rings. The Labute approximate surface area is 105 Å². The second kappa shape index (κ2) is 5.01. The van der Waals surface area contributed by atoms with Gasteiger partial charge in [-0.1, -0.05) is 24.8 Å². The van der Waals surface area contributed by atoms with Crippen molar-refractivity contribution in [1.29, 1.82) is 0 Å². The fourth-order valence-corrected chi connectivity index (χ4v) is 1.83. The quantitative estimate of drug-likeness (QED) is 0.812. The van der Waals surface area contributed by atoms with Crippen molar-refractivity contribution in [1.82, 2.24) is 10.4 Å². The van der Waals surface area contributed by atoms with Gasteiger partial charge in [0.1, 0.15) is 6.54 Å². The fraction of sp³-hybridized carbons (Fsp3) is 0.231. The third-order valence-corrected chi connectivity index (χ3v) is 2.67. The van der Waals surface area contributed by atoms with Gasteiger partial charge in [0, 0.05) is 16.8 Å². The fourth-order valence-electron chi connectivity index (χ4n) is 1.83. The highest BCUT2D eigenvalue weighted by Gasteiger charge is 2.31. The molecule has 2 rings (SSSR count). The molecule has 1 heterocycles. The van der Waals surface area contributed by atoms with Crippen LogP contribution in [-0.4, -0.2) is 29.9 Å². The molecule has 1 aliphatic heterocycles. The molecule has 0 spiro atoms. The van der Waals surface area contributed by atoms with E-state index in [2.05, 4.69) is 12.1 Å². The first-order valence-electron chi connectivity index (χ1n) is 5.66. The van der Waals surface area contributed by atoms with Crippen LogP contribution in [0.1, 0.15) is 22.8 Å². The Bertz CT molecular complexity index is 476.